The first-order valence-electron chi connectivity index (χ1n) is 4.39. The van der Waals surface area contributed by atoms with Crippen LogP contribution in [-0.4, -0.2) is 12.5 Å². The second-order valence-electron chi connectivity index (χ2n) is 3.01. The van der Waals surface area contributed by atoms with Crippen molar-refractivity contribution in [1.29, 1.82) is 0 Å². The Labute approximate surface area is 82.8 Å². The quantitative estimate of drug-likeness (QED) is 0.534. The Balaban J connectivity index is 2.25. The molecule has 0 atom stereocenters. The molecular formula is C10H14N2O2. The Bertz CT molecular complexity index is 295. The summed E-state index contributed by atoms with van der Waals surface area (Å²) in [6.07, 6.45) is 0.259. The zero-order valence-electron chi connectivity index (χ0n) is 7.90. The van der Waals surface area contributed by atoms with Crippen molar-refractivity contribution in [3.05, 3.63) is 29.8 Å². The van der Waals surface area contributed by atoms with Gasteiger partial charge in [-0.1, -0.05) is 12.1 Å². The van der Waals surface area contributed by atoms with Gasteiger partial charge in [0.1, 0.15) is 0 Å². The van der Waals surface area contributed by atoms with Crippen molar-refractivity contribution >= 4 is 11.6 Å². The van der Waals surface area contributed by atoms with Crippen molar-refractivity contribution in [2.24, 2.45) is 5.73 Å². The fraction of sp³-hybridized carbons (Fsp3) is 0.300. The third-order valence-electron chi connectivity index (χ3n) is 1.74. The largest absolute Gasteiger partial charge is 0.399 e. The van der Waals surface area contributed by atoms with E-state index in [1.54, 1.807) is 0 Å². The van der Waals surface area contributed by atoms with Gasteiger partial charge in [0, 0.05) is 12.1 Å². The Morgan fingerprint density at radius 2 is 1.93 bits per heavy atom. The summed E-state index contributed by atoms with van der Waals surface area (Å²) in [4.78, 5) is 10.4. The second kappa shape index (κ2) is 5.24. The van der Waals surface area contributed by atoms with Crippen LogP contribution in [0, 0.1) is 0 Å². The molecule has 0 bridgehead atoms. The molecule has 0 saturated carbocycles. The Morgan fingerprint density at radius 1 is 1.29 bits per heavy atom. The molecule has 0 radical (unpaired) electrons. The Morgan fingerprint density at radius 3 is 2.50 bits per heavy atom. The third kappa shape index (κ3) is 3.91. The van der Waals surface area contributed by atoms with E-state index in [1.165, 1.54) is 0 Å². The predicted molar refractivity (Wildman–Crippen MR) is 54.3 cm³/mol. The molecule has 1 aromatic rings. The van der Waals surface area contributed by atoms with Gasteiger partial charge >= 0.3 is 0 Å². The van der Waals surface area contributed by atoms with Crippen LogP contribution >= 0.6 is 0 Å². The molecule has 0 heterocycles. The lowest BCUT2D eigenvalue weighted by Gasteiger charge is -2.03. The monoisotopic (exact) mass is 194 g/mol. The van der Waals surface area contributed by atoms with E-state index in [1.807, 2.05) is 24.3 Å². The van der Waals surface area contributed by atoms with Gasteiger partial charge in [-0.2, -0.15) is 0 Å². The third-order valence-corrected chi connectivity index (χ3v) is 1.74. The summed E-state index contributed by atoms with van der Waals surface area (Å²) in [5.74, 6) is -0.345. The second-order valence-corrected chi connectivity index (χ2v) is 3.01. The molecule has 76 valence electrons. The molecule has 4 nitrogen and oxygen atoms in total. The number of rotatable bonds is 5. The SMILES string of the molecule is NC(=O)CCOCc1ccc(N)cc1. The summed E-state index contributed by atoms with van der Waals surface area (Å²) in [5, 5.41) is 0. The van der Waals surface area contributed by atoms with Gasteiger partial charge in [0.25, 0.3) is 0 Å². The van der Waals surface area contributed by atoms with Crippen LogP contribution in [0.4, 0.5) is 5.69 Å². The number of hydrogen-bond acceptors (Lipinski definition) is 3. The first-order valence-corrected chi connectivity index (χ1v) is 4.39. The van der Waals surface area contributed by atoms with Crippen molar-refractivity contribution in [1.82, 2.24) is 0 Å². The Hall–Kier alpha value is -1.55. The maximum Gasteiger partial charge on any atom is 0.219 e. The molecule has 0 aliphatic carbocycles. The summed E-state index contributed by atoms with van der Waals surface area (Å²) in [7, 11) is 0. The highest BCUT2D eigenvalue weighted by Crippen LogP contribution is 2.06. The number of nitrogens with two attached hydrogens (primary N) is 2. The molecule has 14 heavy (non-hydrogen) atoms. The fourth-order valence-corrected chi connectivity index (χ4v) is 0.977. The van der Waals surface area contributed by atoms with Gasteiger partial charge in [-0.3, -0.25) is 4.79 Å². The number of benzene rings is 1. The molecule has 1 amide bonds. The van der Waals surface area contributed by atoms with E-state index in [2.05, 4.69) is 0 Å². The van der Waals surface area contributed by atoms with E-state index in [0.29, 0.717) is 13.2 Å². The van der Waals surface area contributed by atoms with Crippen LogP contribution in [0.5, 0.6) is 0 Å². The summed E-state index contributed by atoms with van der Waals surface area (Å²) < 4.78 is 5.23. The van der Waals surface area contributed by atoms with Crippen LogP contribution in [0.1, 0.15) is 12.0 Å². The van der Waals surface area contributed by atoms with Crippen LogP contribution in [0.2, 0.25) is 0 Å². The maximum absolute atomic E-state index is 10.4. The van der Waals surface area contributed by atoms with Gasteiger partial charge in [-0.05, 0) is 17.7 Å². The normalized spacial score (nSPS) is 10.0. The highest BCUT2D eigenvalue weighted by molar-refractivity contribution is 5.73. The average molecular weight is 194 g/mol. The van der Waals surface area contributed by atoms with Crippen LogP contribution in [0.15, 0.2) is 24.3 Å². The van der Waals surface area contributed by atoms with E-state index < -0.39 is 0 Å². The molecule has 0 spiro atoms. The van der Waals surface area contributed by atoms with E-state index in [4.69, 9.17) is 16.2 Å². The van der Waals surface area contributed by atoms with Gasteiger partial charge < -0.3 is 16.2 Å². The van der Waals surface area contributed by atoms with Gasteiger partial charge in [0.05, 0.1) is 13.2 Å². The molecule has 0 unspecified atom stereocenters. The summed E-state index contributed by atoms with van der Waals surface area (Å²) in [6, 6.07) is 7.40. The first kappa shape index (κ1) is 10.5. The smallest absolute Gasteiger partial charge is 0.219 e. The number of ether oxygens (including phenoxy) is 1. The standard InChI is InChI=1S/C10H14N2O2/c11-9-3-1-8(2-4-9)7-14-6-5-10(12)13/h1-4H,5-7,11H2,(H2,12,13). The maximum atomic E-state index is 10.4. The molecule has 4 heteroatoms. The fourth-order valence-electron chi connectivity index (χ4n) is 0.977. The number of anilines is 1. The van der Waals surface area contributed by atoms with Gasteiger partial charge in [0.15, 0.2) is 0 Å². The summed E-state index contributed by atoms with van der Waals surface area (Å²) in [6.45, 7) is 0.841. The van der Waals surface area contributed by atoms with Crippen molar-refractivity contribution in [3.63, 3.8) is 0 Å². The van der Waals surface area contributed by atoms with Crippen LogP contribution < -0.4 is 11.5 Å². The number of nitrogen functional groups attached to an aromatic ring is 1. The van der Waals surface area contributed by atoms with Crippen LogP contribution in [-0.2, 0) is 16.1 Å². The molecule has 1 rings (SSSR count). The number of carbonyl (C=O) groups excluding carboxylic acids is 1. The lowest BCUT2D eigenvalue weighted by atomic mass is 10.2. The van der Waals surface area contributed by atoms with Gasteiger partial charge in [-0.15, -0.1) is 0 Å². The zero-order chi connectivity index (χ0) is 10.4. The number of hydrogen-bond donors (Lipinski definition) is 2. The van der Waals surface area contributed by atoms with Crippen LogP contribution in [0.25, 0.3) is 0 Å². The van der Waals surface area contributed by atoms with Crippen molar-refractivity contribution in [2.45, 2.75) is 13.0 Å². The molecule has 0 aliphatic rings. The summed E-state index contributed by atoms with van der Waals surface area (Å²) >= 11 is 0. The molecule has 0 fully saturated rings. The highest BCUT2D eigenvalue weighted by atomic mass is 16.5. The highest BCUT2D eigenvalue weighted by Gasteiger charge is 1.95. The van der Waals surface area contributed by atoms with Crippen LogP contribution in [0.3, 0.4) is 0 Å². The number of primary amides is 1. The van der Waals surface area contributed by atoms with Crippen molar-refractivity contribution < 1.29 is 9.53 Å². The first-order chi connectivity index (χ1) is 6.68. The van der Waals surface area contributed by atoms with Gasteiger partial charge in [0.2, 0.25) is 5.91 Å². The zero-order valence-corrected chi connectivity index (χ0v) is 7.90. The topological polar surface area (TPSA) is 78.3 Å². The molecule has 0 aliphatic heterocycles. The van der Waals surface area contributed by atoms with E-state index >= 15 is 0 Å². The minimum Gasteiger partial charge on any atom is -0.399 e. The molecule has 0 aromatic heterocycles. The average Bonchev–Trinajstić information content (AvgIpc) is 2.15. The van der Waals surface area contributed by atoms with Crippen molar-refractivity contribution in [2.75, 3.05) is 12.3 Å². The van der Waals surface area contributed by atoms with Gasteiger partial charge in [-0.25, -0.2) is 0 Å². The summed E-state index contributed by atoms with van der Waals surface area (Å²) in [5.41, 5.74) is 12.2. The van der Waals surface area contributed by atoms with Crippen molar-refractivity contribution in [3.8, 4) is 0 Å². The minimum atomic E-state index is -0.345. The molecule has 4 N–H and O–H groups in total. The predicted octanol–water partition coefficient (Wildman–Crippen LogP) is 0.661. The van der Waals surface area contributed by atoms with E-state index in [-0.39, 0.29) is 12.3 Å². The molecule has 0 saturated heterocycles. The molecule has 1 aromatic carbocycles. The number of amides is 1. The minimum absolute atomic E-state index is 0.259. The Kier molecular flexibility index (Phi) is 3.94. The molecular weight excluding hydrogens is 180 g/mol. The lowest BCUT2D eigenvalue weighted by Crippen LogP contribution is -2.13. The number of carbonyl (C=O) groups is 1. The lowest BCUT2D eigenvalue weighted by molar-refractivity contribution is -0.119. The van der Waals surface area contributed by atoms with E-state index in [0.717, 1.165) is 11.3 Å². The van der Waals surface area contributed by atoms with E-state index in [9.17, 15) is 4.79 Å².